The third-order valence-corrected chi connectivity index (χ3v) is 6.02. The van der Waals surface area contributed by atoms with Gasteiger partial charge >= 0.3 is 0 Å². The summed E-state index contributed by atoms with van der Waals surface area (Å²) in [4.78, 5) is 20.4. The number of aromatic nitrogens is 5. The summed E-state index contributed by atoms with van der Waals surface area (Å²) in [5, 5.41) is 16.0. The van der Waals surface area contributed by atoms with Crippen molar-refractivity contribution < 1.29 is 4.79 Å². The molecule has 1 unspecified atom stereocenters. The minimum atomic E-state index is -0.0267. The predicted molar refractivity (Wildman–Crippen MR) is 108 cm³/mol. The summed E-state index contributed by atoms with van der Waals surface area (Å²) in [5.41, 5.74) is 2.60. The standard InChI is InChI=1S/C20H20N6OS/c1-12-22-17(11-28-12)19-25-24-18-5-3-15(7-9-26(18)19)23-20(27)14-2-4-16-13(10-14)6-8-21-16/h2,4,6,8,10-11,15,21H,3,5,7,9H2,1H3,(H,23,27). The van der Waals surface area contributed by atoms with Gasteiger partial charge in [-0.25, -0.2) is 4.98 Å². The van der Waals surface area contributed by atoms with Gasteiger partial charge in [0.25, 0.3) is 5.91 Å². The van der Waals surface area contributed by atoms with E-state index in [1.165, 1.54) is 0 Å². The Balaban J connectivity index is 1.30. The smallest absolute Gasteiger partial charge is 0.251 e. The van der Waals surface area contributed by atoms with Crippen LogP contribution in [-0.2, 0) is 13.0 Å². The number of carbonyl (C=O) groups excluding carboxylic acids is 1. The first-order chi connectivity index (χ1) is 13.7. The van der Waals surface area contributed by atoms with Crippen molar-refractivity contribution in [2.75, 3.05) is 0 Å². The van der Waals surface area contributed by atoms with Crippen LogP contribution >= 0.6 is 11.3 Å². The van der Waals surface area contributed by atoms with Crippen LogP contribution in [0.4, 0.5) is 0 Å². The maximum Gasteiger partial charge on any atom is 0.251 e. The summed E-state index contributed by atoms with van der Waals surface area (Å²) < 4.78 is 2.15. The lowest BCUT2D eigenvalue weighted by atomic mass is 10.1. The minimum absolute atomic E-state index is 0.0267. The first-order valence-corrected chi connectivity index (χ1v) is 10.3. The van der Waals surface area contributed by atoms with Gasteiger partial charge in [-0.1, -0.05) is 0 Å². The molecule has 7 nitrogen and oxygen atoms in total. The number of fused-ring (bicyclic) bond motifs is 2. The second-order valence-electron chi connectivity index (χ2n) is 7.12. The molecule has 5 rings (SSSR count). The van der Waals surface area contributed by atoms with Crippen LogP contribution in [0.1, 0.15) is 34.0 Å². The fourth-order valence-corrected chi connectivity index (χ4v) is 4.34. The number of aromatic amines is 1. The van der Waals surface area contributed by atoms with Crippen molar-refractivity contribution in [2.45, 2.75) is 38.8 Å². The summed E-state index contributed by atoms with van der Waals surface area (Å²) >= 11 is 1.61. The normalized spacial score (nSPS) is 16.7. The van der Waals surface area contributed by atoms with Crippen molar-refractivity contribution in [1.29, 1.82) is 0 Å². The summed E-state index contributed by atoms with van der Waals surface area (Å²) in [6, 6.07) is 7.82. The second-order valence-corrected chi connectivity index (χ2v) is 8.18. The number of hydrogen-bond donors (Lipinski definition) is 2. The Morgan fingerprint density at radius 2 is 2.21 bits per heavy atom. The van der Waals surface area contributed by atoms with Gasteiger partial charge in [-0.3, -0.25) is 4.79 Å². The van der Waals surface area contributed by atoms with E-state index in [-0.39, 0.29) is 11.9 Å². The maximum absolute atomic E-state index is 12.7. The van der Waals surface area contributed by atoms with E-state index >= 15 is 0 Å². The molecule has 2 N–H and O–H groups in total. The van der Waals surface area contributed by atoms with Crippen LogP contribution in [0.5, 0.6) is 0 Å². The molecule has 1 aromatic carbocycles. The highest BCUT2D eigenvalue weighted by molar-refractivity contribution is 7.09. The topological polar surface area (TPSA) is 88.5 Å². The van der Waals surface area contributed by atoms with E-state index in [1.54, 1.807) is 11.3 Å². The summed E-state index contributed by atoms with van der Waals surface area (Å²) in [7, 11) is 0. The molecule has 4 aromatic rings. The van der Waals surface area contributed by atoms with Crippen molar-refractivity contribution >= 4 is 28.1 Å². The van der Waals surface area contributed by atoms with Crippen molar-refractivity contribution in [3.63, 3.8) is 0 Å². The number of H-pyrrole nitrogens is 1. The van der Waals surface area contributed by atoms with Gasteiger partial charge in [-0.15, -0.1) is 21.5 Å². The molecule has 0 saturated carbocycles. The van der Waals surface area contributed by atoms with Crippen LogP contribution in [0.25, 0.3) is 22.4 Å². The van der Waals surface area contributed by atoms with Gasteiger partial charge in [0.15, 0.2) is 5.82 Å². The first kappa shape index (κ1) is 17.1. The molecule has 0 fully saturated rings. The molecule has 1 aliphatic rings. The lowest BCUT2D eigenvalue weighted by molar-refractivity contribution is 0.0933. The number of aryl methyl sites for hydroxylation is 2. The molecule has 1 atom stereocenters. The van der Waals surface area contributed by atoms with Crippen molar-refractivity contribution in [3.05, 3.63) is 52.2 Å². The van der Waals surface area contributed by atoms with Crippen molar-refractivity contribution in [2.24, 2.45) is 0 Å². The fraction of sp³-hybridized carbons (Fsp3) is 0.300. The third kappa shape index (κ3) is 3.09. The Bertz CT molecular complexity index is 1160. The van der Waals surface area contributed by atoms with Gasteiger partial charge in [0.05, 0.1) is 5.01 Å². The van der Waals surface area contributed by atoms with Crippen LogP contribution < -0.4 is 5.32 Å². The monoisotopic (exact) mass is 392 g/mol. The average Bonchev–Trinajstić information content (AvgIpc) is 3.40. The molecule has 0 radical (unpaired) electrons. The Morgan fingerprint density at radius 3 is 3.07 bits per heavy atom. The highest BCUT2D eigenvalue weighted by Gasteiger charge is 2.23. The number of carbonyl (C=O) groups is 1. The van der Waals surface area contributed by atoms with Crippen LogP contribution in [0.2, 0.25) is 0 Å². The van der Waals surface area contributed by atoms with Gasteiger partial charge in [0.1, 0.15) is 11.5 Å². The zero-order valence-electron chi connectivity index (χ0n) is 15.5. The molecule has 8 heteroatoms. The minimum Gasteiger partial charge on any atom is -0.361 e. The van der Waals surface area contributed by atoms with Crippen molar-refractivity contribution in [3.8, 4) is 11.5 Å². The molecule has 0 aliphatic carbocycles. The zero-order chi connectivity index (χ0) is 19.1. The van der Waals surface area contributed by atoms with Gasteiger partial charge in [-0.2, -0.15) is 0 Å². The number of rotatable bonds is 3. The number of thiazole rings is 1. The van der Waals surface area contributed by atoms with Gasteiger partial charge in [-0.05, 0) is 44.0 Å². The lowest BCUT2D eigenvalue weighted by Gasteiger charge is -2.16. The molecule has 1 aliphatic heterocycles. The molecule has 0 bridgehead atoms. The quantitative estimate of drug-likeness (QED) is 0.560. The highest BCUT2D eigenvalue weighted by atomic mass is 32.1. The molecule has 4 heterocycles. The van der Waals surface area contributed by atoms with E-state index in [0.29, 0.717) is 5.56 Å². The molecule has 0 saturated heterocycles. The van der Waals surface area contributed by atoms with E-state index in [4.69, 9.17) is 0 Å². The molecule has 3 aromatic heterocycles. The summed E-state index contributed by atoms with van der Waals surface area (Å²) in [6.07, 6.45) is 4.37. The van der Waals surface area contributed by atoms with E-state index in [2.05, 4.69) is 30.0 Å². The van der Waals surface area contributed by atoms with E-state index in [0.717, 1.165) is 59.1 Å². The number of nitrogens with one attached hydrogen (secondary N) is 2. The van der Waals surface area contributed by atoms with Crippen LogP contribution in [0, 0.1) is 6.92 Å². The van der Waals surface area contributed by atoms with E-state index in [9.17, 15) is 4.79 Å². The van der Waals surface area contributed by atoms with Crippen LogP contribution in [0.3, 0.4) is 0 Å². The number of nitrogens with zero attached hydrogens (tertiary/aromatic N) is 4. The summed E-state index contributed by atoms with van der Waals surface area (Å²) in [5.74, 6) is 1.76. The molecular weight excluding hydrogens is 372 g/mol. The Kier molecular flexibility index (Phi) is 4.20. The molecular formula is C20H20N6OS. The Hall–Kier alpha value is -3.00. The maximum atomic E-state index is 12.7. The zero-order valence-corrected chi connectivity index (χ0v) is 16.3. The Morgan fingerprint density at radius 1 is 1.29 bits per heavy atom. The van der Waals surface area contributed by atoms with E-state index < -0.39 is 0 Å². The average molecular weight is 392 g/mol. The fourth-order valence-electron chi connectivity index (χ4n) is 3.75. The van der Waals surface area contributed by atoms with Crippen LogP contribution in [-0.4, -0.2) is 36.7 Å². The third-order valence-electron chi connectivity index (χ3n) is 5.24. The second kappa shape index (κ2) is 6.87. The van der Waals surface area contributed by atoms with Crippen molar-refractivity contribution in [1.82, 2.24) is 30.0 Å². The molecule has 142 valence electrons. The lowest BCUT2D eigenvalue weighted by Crippen LogP contribution is -2.35. The summed E-state index contributed by atoms with van der Waals surface area (Å²) in [6.45, 7) is 2.76. The van der Waals surface area contributed by atoms with Gasteiger partial charge < -0.3 is 14.9 Å². The molecule has 0 spiro atoms. The predicted octanol–water partition coefficient (Wildman–Crippen LogP) is 3.33. The van der Waals surface area contributed by atoms with Gasteiger partial charge in [0, 0.05) is 47.1 Å². The molecule has 28 heavy (non-hydrogen) atoms. The number of hydrogen-bond acceptors (Lipinski definition) is 5. The SMILES string of the molecule is Cc1nc(-c2nnc3n2CCC(NC(=O)c2ccc4[nH]ccc4c2)CC3)cs1. The van der Waals surface area contributed by atoms with Gasteiger partial charge in [0.2, 0.25) is 0 Å². The Labute approximate surface area is 165 Å². The molecule has 1 amide bonds. The number of benzene rings is 1. The number of amides is 1. The largest absolute Gasteiger partial charge is 0.361 e. The first-order valence-electron chi connectivity index (χ1n) is 9.40. The van der Waals surface area contributed by atoms with E-state index in [1.807, 2.05) is 42.8 Å². The van der Waals surface area contributed by atoms with Crippen LogP contribution in [0.15, 0.2) is 35.8 Å². The highest BCUT2D eigenvalue weighted by Crippen LogP contribution is 2.24.